The first kappa shape index (κ1) is 17.0. The summed E-state index contributed by atoms with van der Waals surface area (Å²) in [5.41, 5.74) is 4.41. The molecule has 1 unspecified atom stereocenters. The molecule has 1 saturated heterocycles. The summed E-state index contributed by atoms with van der Waals surface area (Å²) in [6.07, 6.45) is 1.92. The van der Waals surface area contributed by atoms with E-state index < -0.39 is 5.92 Å². The largest absolute Gasteiger partial charge is 0.368 e. The van der Waals surface area contributed by atoms with Gasteiger partial charge in [-0.1, -0.05) is 35.4 Å². The molecule has 2 aliphatic heterocycles. The molecule has 3 heterocycles. The van der Waals surface area contributed by atoms with E-state index in [1.54, 1.807) is 6.07 Å². The van der Waals surface area contributed by atoms with Crippen molar-refractivity contribution in [2.75, 3.05) is 26.0 Å². The smallest absolute Gasteiger partial charge is 0.235 e. The van der Waals surface area contributed by atoms with Crippen LogP contribution in [-0.2, 0) is 4.79 Å². The van der Waals surface area contributed by atoms with Gasteiger partial charge in [-0.25, -0.2) is 5.43 Å². The van der Waals surface area contributed by atoms with Crippen LogP contribution in [0.2, 0.25) is 4.34 Å². The average Bonchev–Trinajstić information content (AvgIpc) is 3.11. The van der Waals surface area contributed by atoms with Crippen LogP contribution in [0, 0.1) is 11.8 Å². The molecule has 23 heavy (non-hydrogen) atoms. The third kappa shape index (κ3) is 3.21. The molecule has 124 valence electrons. The van der Waals surface area contributed by atoms with Crippen molar-refractivity contribution >= 4 is 63.3 Å². The van der Waals surface area contributed by atoms with E-state index in [2.05, 4.69) is 10.7 Å². The van der Waals surface area contributed by atoms with E-state index >= 15 is 0 Å². The number of anilines is 1. The molecule has 1 aromatic rings. The molecule has 1 fully saturated rings. The quantitative estimate of drug-likeness (QED) is 0.472. The second kappa shape index (κ2) is 6.57. The molecule has 9 heteroatoms. The molecule has 3 rings (SSSR count). The second-order valence-electron chi connectivity index (χ2n) is 5.58. The number of halogens is 2. The van der Waals surface area contributed by atoms with Gasteiger partial charge in [-0.15, -0.1) is 11.3 Å². The number of nitrogens with one attached hydrogen (secondary N) is 2. The van der Waals surface area contributed by atoms with E-state index in [1.165, 1.54) is 11.3 Å². The second-order valence-corrected chi connectivity index (χ2v) is 7.99. The van der Waals surface area contributed by atoms with Gasteiger partial charge in [0, 0.05) is 32.3 Å². The Balaban J connectivity index is 1.85. The molecule has 0 spiro atoms. The van der Waals surface area contributed by atoms with E-state index in [4.69, 9.17) is 35.4 Å². The Morgan fingerprint density at radius 3 is 2.83 bits per heavy atom. The van der Waals surface area contributed by atoms with E-state index in [1.807, 2.05) is 35.5 Å². The maximum absolute atomic E-state index is 12.8. The number of nitrogens with zero attached hydrogens (tertiary/aromatic N) is 2. The van der Waals surface area contributed by atoms with Gasteiger partial charge in [-0.05, 0) is 17.5 Å². The van der Waals surface area contributed by atoms with Crippen molar-refractivity contribution in [3.8, 4) is 0 Å². The summed E-state index contributed by atoms with van der Waals surface area (Å²) in [6, 6.07) is 1.79. The lowest BCUT2D eigenvalue weighted by Crippen LogP contribution is -2.37. The van der Waals surface area contributed by atoms with Crippen LogP contribution in [-0.4, -0.2) is 46.9 Å². The molecule has 3 atom stereocenters. The van der Waals surface area contributed by atoms with Gasteiger partial charge in [0.2, 0.25) is 5.91 Å². The van der Waals surface area contributed by atoms with Crippen LogP contribution in [0.15, 0.2) is 23.2 Å². The summed E-state index contributed by atoms with van der Waals surface area (Å²) in [5.74, 6) is -0.619. The molecular formula is C14H16Cl2N4OS2. The molecular weight excluding hydrogens is 375 g/mol. The van der Waals surface area contributed by atoms with E-state index in [0.717, 1.165) is 5.70 Å². The minimum atomic E-state index is -0.427. The normalized spacial score (nSPS) is 27.6. The first-order valence-electron chi connectivity index (χ1n) is 7.03. The van der Waals surface area contributed by atoms with Crippen molar-refractivity contribution in [2.45, 2.75) is 5.50 Å². The Morgan fingerprint density at radius 1 is 1.52 bits per heavy atom. The zero-order valence-corrected chi connectivity index (χ0v) is 15.7. The lowest BCUT2D eigenvalue weighted by molar-refractivity contribution is -0.118. The average molecular weight is 391 g/mol. The topological polar surface area (TPSA) is 47.6 Å². The number of thiocarbonyl (C=S) groups is 1. The number of carbonyl (C=O) groups excluding carboxylic acids is 1. The fourth-order valence-corrected chi connectivity index (χ4v) is 4.44. The monoisotopic (exact) mass is 390 g/mol. The van der Waals surface area contributed by atoms with Crippen LogP contribution in [0.3, 0.4) is 0 Å². The number of alkyl halides is 1. The number of hydrazine groups is 1. The van der Waals surface area contributed by atoms with Crippen molar-refractivity contribution in [3.63, 3.8) is 0 Å². The zero-order valence-electron chi connectivity index (χ0n) is 12.5. The molecule has 2 N–H and O–H groups in total. The van der Waals surface area contributed by atoms with Crippen molar-refractivity contribution in [1.29, 1.82) is 0 Å². The fraction of sp³-hybridized carbons (Fsp3) is 0.429. The Morgan fingerprint density at radius 2 is 2.26 bits per heavy atom. The Labute approximate surface area is 154 Å². The summed E-state index contributed by atoms with van der Waals surface area (Å²) >= 11 is 19.1. The fourth-order valence-electron chi connectivity index (χ4n) is 2.98. The number of hydrogen-bond acceptors (Lipinski definition) is 5. The Bertz CT molecular complexity index is 677. The minimum absolute atomic E-state index is 0.0499. The van der Waals surface area contributed by atoms with Gasteiger partial charge in [0.05, 0.1) is 16.6 Å². The van der Waals surface area contributed by atoms with Crippen molar-refractivity contribution < 1.29 is 4.79 Å². The molecule has 5 nitrogen and oxygen atoms in total. The van der Waals surface area contributed by atoms with Crippen LogP contribution in [0.25, 0.3) is 0 Å². The molecule has 0 bridgehead atoms. The first-order valence-corrected chi connectivity index (χ1v) is 9.13. The number of likely N-dealkylation sites (tertiary alicyclic amines) is 1. The van der Waals surface area contributed by atoms with Gasteiger partial charge in [0.15, 0.2) is 0 Å². The molecule has 0 aromatic carbocycles. The molecule has 0 radical (unpaired) electrons. The highest BCUT2D eigenvalue weighted by Crippen LogP contribution is 2.36. The van der Waals surface area contributed by atoms with E-state index in [0.29, 0.717) is 21.6 Å². The van der Waals surface area contributed by atoms with E-state index in [9.17, 15) is 4.79 Å². The third-order valence-corrected chi connectivity index (χ3v) is 6.03. The van der Waals surface area contributed by atoms with Crippen molar-refractivity contribution in [1.82, 2.24) is 15.3 Å². The number of thiophene rings is 1. The zero-order chi connectivity index (χ0) is 16.7. The summed E-state index contributed by atoms with van der Waals surface area (Å²) < 4.78 is 0.562. The first-order chi connectivity index (χ1) is 10.9. The van der Waals surface area contributed by atoms with Crippen LogP contribution in [0.4, 0.5) is 5.69 Å². The highest BCUT2D eigenvalue weighted by molar-refractivity contribution is 7.80. The predicted octanol–water partition coefficient (Wildman–Crippen LogP) is 2.74. The highest BCUT2D eigenvalue weighted by Gasteiger charge is 2.44. The molecule has 0 aliphatic carbocycles. The van der Waals surface area contributed by atoms with Gasteiger partial charge in [-0.2, -0.15) is 0 Å². The highest BCUT2D eigenvalue weighted by atomic mass is 35.5. The number of hydrogen-bond donors (Lipinski definition) is 2. The SMILES string of the molecule is CN1C[C@H](C2=CC(Cl)NN2C)[C@@H](C(=O)Nc2ccsc2Cl)C1=S. The molecule has 0 saturated carbocycles. The Kier molecular flexibility index (Phi) is 4.85. The van der Waals surface area contributed by atoms with Gasteiger partial charge in [0.1, 0.15) is 9.84 Å². The van der Waals surface area contributed by atoms with Crippen LogP contribution >= 0.6 is 46.8 Å². The van der Waals surface area contributed by atoms with Crippen LogP contribution in [0.1, 0.15) is 0 Å². The molecule has 1 amide bonds. The van der Waals surface area contributed by atoms with E-state index in [-0.39, 0.29) is 17.3 Å². The van der Waals surface area contributed by atoms with Gasteiger partial charge >= 0.3 is 0 Å². The van der Waals surface area contributed by atoms with Crippen LogP contribution < -0.4 is 10.7 Å². The van der Waals surface area contributed by atoms with Gasteiger partial charge in [0.25, 0.3) is 0 Å². The number of carbonyl (C=O) groups is 1. The van der Waals surface area contributed by atoms with Crippen molar-refractivity contribution in [2.24, 2.45) is 11.8 Å². The summed E-state index contributed by atoms with van der Waals surface area (Å²) in [6.45, 7) is 0.676. The lowest BCUT2D eigenvalue weighted by Gasteiger charge is -2.24. The summed E-state index contributed by atoms with van der Waals surface area (Å²) in [4.78, 5) is 15.4. The third-order valence-electron chi connectivity index (χ3n) is 4.07. The molecule has 2 aliphatic rings. The van der Waals surface area contributed by atoms with Gasteiger partial charge in [-0.3, -0.25) is 4.79 Å². The number of rotatable bonds is 3. The molecule has 1 aromatic heterocycles. The predicted molar refractivity (Wildman–Crippen MR) is 98.8 cm³/mol. The summed E-state index contributed by atoms with van der Waals surface area (Å²) in [5, 5.41) is 6.59. The van der Waals surface area contributed by atoms with Gasteiger partial charge < -0.3 is 15.2 Å². The minimum Gasteiger partial charge on any atom is -0.368 e. The maximum atomic E-state index is 12.8. The van der Waals surface area contributed by atoms with Crippen molar-refractivity contribution in [3.05, 3.63) is 27.6 Å². The number of amides is 1. The lowest BCUT2D eigenvalue weighted by atomic mass is 9.91. The standard InChI is InChI=1S/C14H16Cl2N4OS2/c1-19-6-7(9-5-10(15)18-20(9)2)11(14(19)22)13(21)17-8-3-4-23-12(8)16/h3-5,7,10-11,18H,6H2,1-2H3,(H,17,21)/t7-,10?,11+/m1/s1. The summed E-state index contributed by atoms with van der Waals surface area (Å²) in [7, 11) is 3.79. The van der Waals surface area contributed by atoms with Crippen LogP contribution in [0.5, 0.6) is 0 Å². The Hall–Kier alpha value is -0.860. The maximum Gasteiger partial charge on any atom is 0.235 e.